The van der Waals surface area contributed by atoms with Gasteiger partial charge in [-0.2, -0.15) is 0 Å². The molecular weight excluding hydrogens is 366 g/mol. The topological polar surface area (TPSA) is 68.1 Å². The van der Waals surface area contributed by atoms with Gasteiger partial charge in [-0.15, -0.1) is 0 Å². The van der Waals surface area contributed by atoms with Gasteiger partial charge in [-0.3, -0.25) is 4.79 Å². The Labute approximate surface area is 171 Å². The lowest BCUT2D eigenvalue weighted by molar-refractivity contribution is -0.116. The van der Waals surface area contributed by atoms with Crippen molar-refractivity contribution in [1.82, 2.24) is 0 Å². The maximum absolute atomic E-state index is 12.8. The molecule has 2 aromatic rings. The fourth-order valence-electron chi connectivity index (χ4n) is 3.46. The molecule has 1 aliphatic rings. The number of rotatable bonds is 7. The van der Waals surface area contributed by atoms with Gasteiger partial charge in [0.25, 0.3) is 0 Å². The number of carbonyl (C=O) groups is 1. The van der Waals surface area contributed by atoms with E-state index in [-0.39, 0.29) is 17.5 Å². The molecule has 1 N–H and O–H groups in total. The van der Waals surface area contributed by atoms with E-state index in [0.29, 0.717) is 42.9 Å². The minimum atomic E-state index is -0.107. The number of ether oxygens (including phenoxy) is 1. The number of carbonyl (C=O) groups excluding carboxylic acids is 1. The number of ketones is 1. The molecule has 0 aliphatic heterocycles. The number of nitrogens with zero attached hydrogens (tertiary/aromatic N) is 1. The van der Waals surface area contributed by atoms with E-state index in [2.05, 4.69) is 5.16 Å². The third kappa shape index (κ3) is 5.05. The van der Waals surface area contributed by atoms with Crippen LogP contribution in [0.4, 0.5) is 0 Å². The zero-order valence-electron chi connectivity index (χ0n) is 17.1. The van der Waals surface area contributed by atoms with E-state index in [9.17, 15) is 9.90 Å². The largest absolute Gasteiger partial charge is 0.511 e. The molecular formula is C24H27NO4. The first-order chi connectivity index (χ1) is 14.0. The lowest BCUT2D eigenvalue weighted by Crippen LogP contribution is -2.23. The van der Waals surface area contributed by atoms with Crippen molar-refractivity contribution in [3.63, 3.8) is 0 Å². The van der Waals surface area contributed by atoms with Crippen molar-refractivity contribution in [2.45, 2.75) is 46.0 Å². The van der Waals surface area contributed by atoms with Gasteiger partial charge < -0.3 is 14.7 Å². The number of benzene rings is 2. The molecule has 2 aromatic carbocycles. The van der Waals surface area contributed by atoms with Crippen molar-refractivity contribution >= 4 is 11.5 Å². The summed E-state index contributed by atoms with van der Waals surface area (Å²) < 4.78 is 5.94. The number of hydrogen-bond acceptors (Lipinski definition) is 5. The Bertz CT molecular complexity index is 928. The van der Waals surface area contributed by atoms with E-state index in [1.165, 1.54) is 5.56 Å². The summed E-state index contributed by atoms with van der Waals surface area (Å²) in [6.45, 7) is 6.17. The first-order valence-corrected chi connectivity index (χ1v) is 10.0. The zero-order valence-corrected chi connectivity index (χ0v) is 17.1. The van der Waals surface area contributed by atoms with Gasteiger partial charge in [-0.25, -0.2) is 0 Å². The van der Waals surface area contributed by atoms with Crippen LogP contribution in [0.15, 0.2) is 65.0 Å². The molecule has 0 bridgehead atoms. The molecule has 0 saturated carbocycles. The van der Waals surface area contributed by atoms with Crippen LogP contribution in [0, 0.1) is 6.92 Å². The van der Waals surface area contributed by atoms with Gasteiger partial charge in [-0.05, 0) is 56.0 Å². The van der Waals surface area contributed by atoms with Gasteiger partial charge in [0.15, 0.2) is 5.78 Å². The lowest BCUT2D eigenvalue weighted by Gasteiger charge is -2.24. The van der Waals surface area contributed by atoms with Gasteiger partial charge in [0.1, 0.15) is 23.9 Å². The molecule has 0 aromatic heterocycles. The number of aliphatic hydroxyl groups excluding tert-OH is 1. The molecule has 152 valence electrons. The van der Waals surface area contributed by atoms with Crippen molar-refractivity contribution in [3.8, 4) is 11.5 Å². The summed E-state index contributed by atoms with van der Waals surface area (Å²) in [5, 5.41) is 14.6. The smallest absolute Gasteiger partial charge is 0.168 e. The summed E-state index contributed by atoms with van der Waals surface area (Å²) in [7, 11) is 0. The average molecular weight is 393 g/mol. The maximum Gasteiger partial charge on any atom is 0.168 e. The van der Waals surface area contributed by atoms with Crippen molar-refractivity contribution in [3.05, 3.63) is 71.0 Å². The van der Waals surface area contributed by atoms with Gasteiger partial charge in [0, 0.05) is 12.8 Å². The van der Waals surface area contributed by atoms with Crippen LogP contribution in [0.5, 0.6) is 11.5 Å². The third-order valence-electron chi connectivity index (χ3n) is 4.95. The normalized spacial score (nSPS) is 17.4. The predicted molar refractivity (Wildman–Crippen MR) is 114 cm³/mol. The monoisotopic (exact) mass is 393 g/mol. The standard InChI is InChI=1S/C24H27NO4/c1-4-21(25-28-5-2)24-22(26)14-18(15-23(24)27)17-7-6-8-20(13-17)29-19-11-9-16(3)10-12-19/h6-13,18,26H,4-5,14-15H2,1-3H3. The Morgan fingerprint density at radius 3 is 2.52 bits per heavy atom. The second-order valence-corrected chi connectivity index (χ2v) is 7.15. The van der Waals surface area contributed by atoms with Crippen LogP contribution in [0.2, 0.25) is 0 Å². The average Bonchev–Trinajstić information content (AvgIpc) is 2.71. The van der Waals surface area contributed by atoms with Crippen LogP contribution in [0.1, 0.15) is 50.2 Å². The van der Waals surface area contributed by atoms with E-state index in [0.717, 1.165) is 11.3 Å². The molecule has 3 rings (SSSR count). The van der Waals surface area contributed by atoms with E-state index in [4.69, 9.17) is 9.57 Å². The quantitative estimate of drug-likeness (QED) is 0.473. The Morgan fingerprint density at radius 1 is 1.10 bits per heavy atom. The van der Waals surface area contributed by atoms with Crippen molar-refractivity contribution < 1.29 is 19.5 Å². The molecule has 1 aliphatic carbocycles. The van der Waals surface area contributed by atoms with Crippen LogP contribution in [-0.4, -0.2) is 23.2 Å². The molecule has 5 heteroatoms. The number of allylic oxidation sites excluding steroid dienone is 2. The summed E-state index contributed by atoms with van der Waals surface area (Å²) in [4.78, 5) is 17.9. The van der Waals surface area contributed by atoms with Crippen LogP contribution < -0.4 is 4.74 Å². The molecule has 0 fully saturated rings. The Hall–Kier alpha value is -3.08. The highest BCUT2D eigenvalue weighted by Gasteiger charge is 2.31. The Balaban J connectivity index is 1.80. The van der Waals surface area contributed by atoms with Gasteiger partial charge >= 0.3 is 0 Å². The molecule has 29 heavy (non-hydrogen) atoms. The Kier molecular flexibility index (Phi) is 6.70. The maximum atomic E-state index is 12.8. The molecule has 0 amide bonds. The minimum absolute atomic E-state index is 0.0800. The van der Waals surface area contributed by atoms with E-state index in [1.807, 2.05) is 69.3 Å². The van der Waals surface area contributed by atoms with Gasteiger partial charge in [-0.1, -0.05) is 41.9 Å². The SMILES string of the molecule is CCON=C(CC)C1=C(O)CC(c2cccc(Oc3ccc(C)cc3)c2)CC1=O. The summed E-state index contributed by atoms with van der Waals surface area (Å²) >= 11 is 0. The zero-order chi connectivity index (χ0) is 20.8. The second kappa shape index (κ2) is 9.41. The minimum Gasteiger partial charge on any atom is -0.511 e. The Morgan fingerprint density at radius 2 is 1.86 bits per heavy atom. The van der Waals surface area contributed by atoms with Crippen LogP contribution in [0.3, 0.4) is 0 Å². The third-order valence-corrected chi connectivity index (χ3v) is 4.95. The first-order valence-electron chi connectivity index (χ1n) is 10.0. The molecule has 1 atom stereocenters. The first kappa shape index (κ1) is 20.6. The number of oxime groups is 1. The molecule has 5 nitrogen and oxygen atoms in total. The van der Waals surface area contributed by atoms with Crippen molar-refractivity contribution in [2.75, 3.05) is 6.61 Å². The molecule has 0 radical (unpaired) electrons. The van der Waals surface area contributed by atoms with Gasteiger partial charge in [0.05, 0.1) is 11.3 Å². The fraction of sp³-hybridized carbons (Fsp3) is 0.333. The summed E-state index contributed by atoms with van der Waals surface area (Å²) in [6, 6.07) is 15.6. The molecule has 1 unspecified atom stereocenters. The second-order valence-electron chi connectivity index (χ2n) is 7.15. The number of aryl methyl sites for hydroxylation is 1. The van der Waals surface area contributed by atoms with Gasteiger partial charge in [0.2, 0.25) is 0 Å². The molecule has 0 spiro atoms. The predicted octanol–water partition coefficient (Wildman–Crippen LogP) is 5.85. The van der Waals surface area contributed by atoms with Crippen LogP contribution >= 0.6 is 0 Å². The molecule has 0 heterocycles. The fourth-order valence-corrected chi connectivity index (χ4v) is 3.46. The summed E-state index contributed by atoms with van der Waals surface area (Å²) in [5.74, 6) is 1.34. The number of Topliss-reactive ketones (excluding diaryl/α,β-unsaturated/α-hetero) is 1. The molecule has 0 saturated heterocycles. The summed E-state index contributed by atoms with van der Waals surface area (Å²) in [6.07, 6.45) is 1.23. The van der Waals surface area contributed by atoms with Crippen LogP contribution in [-0.2, 0) is 9.63 Å². The van der Waals surface area contributed by atoms with E-state index < -0.39 is 0 Å². The highest BCUT2D eigenvalue weighted by atomic mass is 16.6. The van der Waals surface area contributed by atoms with E-state index in [1.54, 1.807) is 0 Å². The van der Waals surface area contributed by atoms with Crippen molar-refractivity contribution in [2.24, 2.45) is 5.16 Å². The summed E-state index contributed by atoms with van der Waals surface area (Å²) in [5.41, 5.74) is 2.95. The lowest BCUT2D eigenvalue weighted by atomic mass is 9.81. The van der Waals surface area contributed by atoms with Crippen molar-refractivity contribution in [1.29, 1.82) is 0 Å². The number of aliphatic hydroxyl groups is 1. The highest BCUT2D eigenvalue weighted by Crippen LogP contribution is 2.36. The van der Waals surface area contributed by atoms with Crippen LogP contribution in [0.25, 0.3) is 0 Å². The van der Waals surface area contributed by atoms with E-state index >= 15 is 0 Å². The number of hydrogen-bond donors (Lipinski definition) is 1. The highest BCUT2D eigenvalue weighted by molar-refractivity contribution is 6.23.